The van der Waals surface area contributed by atoms with E-state index in [0.717, 1.165) is 19.3 Å². The maximum absolute atomic E-state index is 11.3. The predicted octanol–water partition coefficient (Wildman–Crippen LogP) is 3.44. The molecule has 1 heterocycles. The SMILES string of the molecule is NS(=O)(=O)c1ccc(-c2noc([C@@H]3CC[C@@H](c4ccccc4)C3)n2)cc1. The molecule has 0 saturated heterocycles. The van der Waals surface area contributed by atoms with Crippen molar-refractivity contribution in [2.45, 2.75) is 36.0 Å². The molecule has 1 aliphatic rings. The molecule has 0 unspecified atom stereocenters. The zero-order valence-corrected chi connectivity index (χ0v) is 14.9. The van der Waals surface area contributed by atoms with Crippen LogP contribution in [0.15, 0.2) is 64.0 Å². The summed E-state index contributed by atoms with van der Waals surface area (Å²) >= 11 is 0. The summed E-state index contributed by atoms with van der Waals surface area (Å²) in [5, 5.41) is 9.17. The molecular weight excluding hydrogens is 350 g/mol. The zero-order chi connectivity index (χ0) is 18.1. The van der Waals surface area contributed by atoms with Crippen LogP contribution in [0.2, 0.25) is 0 Å². The predicted molar refractivity (Wildman–Crippen MR) is 96.9 cm³/mol. The van der Waals surface area contributed by atoms with Crippen molar-refractivity contribution < 1.29 is 12.9 Å². The van der Waals surface area contributed by atoms with Gasteiger partial charge in [-0.2, -0.15) is 4.98 Å². The quantitative estimate of drug-likeness (QED) is 0.759. The van der Waals surface area contributed by atoms with E-state index in [2.05, 4.69) is 34.4 Å². The molecule has 2 N–H and O–H groups in total. The van der Waals surface area contributed by atoms with E-state index in [1.807, 2.05) is 6.07 Å². The molecule has 0 spiro atoms. The Kier molecular flexibility index (Phi) is 4.34. The standard InChI is InChI=1S/C19H19N3O3S/c20-26(23,24)17-10-8-14(9-11-17)18-21-19(25-22-18)16-7-6-15(12-16)13-4-2-1-3-5-13/h1-5,8-11,15-16H,6-7,12H2,(H2,20,23,24)/t15-,16-/m1/s1. The van der Waals surface area contributed by atoms with Gasteiger partial charge in [-0.15, -0.1) is 0 Å². The minimum Gasteiger partial charge on any atom is -0.339 e. The molecule has 0 aliphatic heterocycles. The van der Waals surface area contributed by atoms with Crippen LogP contribution in [0.5, 0.6) is 0 Å². The summed E-state index contributed by atoms with van der Waals surface area (Å²) in [6.07, 6.45) is 3.12. The number of sulfonamides is 1. The minimum absolute atomic E-state index is 0.0615. The Morgan fingerprint density at radius 2 is 1.65 bits per heavy atom. The molecule has 1 aromatic heterocycles. The highest BCUT2D eigenvalue weighted by Gasteiger charge is 2.30. The van der Waals surface area contributed by atoms with E-state index in [-0.39, 0.29) is 10.8 Å². The largest absolute Gasteiger partial charge is 0.339 e. The maximum atomic E-state index is 11.3. The topological polar surface area (TPSA) is 99.1 Å². The number of rotatable bonds is 4. The Morgan fingerprint density at radius 1 is 0.962 bits per heavy atom. The van der Waals surface area contributed by atoms with Gasteiger partial charge in [0.05, 0.1) is 4.90 Å². The molecule has 7 heteroatoms. The van der Waals surface area contributed by atoms with Crippen LogP contribution in [0.25, 0.3) is 11.4 Å². The van der Waals surface area contributed by atoms with Crippen molar-refractivity contribution in [2.24, 2.45) is 5.14 Å². The van der Waals surface area contributed by atoms with Crippen molar-refractivity contribution in [2.75, 3.05) is 0 Å². The smallest absolute Gasteiger partial charge is 0.238 e. The summed E-state index contributed by atoms with van der Waals surface area (Å²) in [6, 6.07) is 16.7. The summed E-state index contributed by atoms with van der Waals surface area (Å²) in [7, 11) is -3.71. The van der Waals surface area contributed by atoms with Crippen LogP contribution in [-0.2, 0) is 10.0 Å². The van der Waals surface area contributed by atoms with Gasteiger partial charge in [0.25, 0.3) is 0 Å². The lowest BCUT2D eigenvalue weighted by atomic mass is 9.96. The maximum Gasteiger partial charge on any atom is 0.238 e. The summed E-state index contributed by atoms with van der Waals surface area (Å²) in [5.74, 6) is 1.88. The number of nitrogens with two attached hydrogens (primary N) is 1. The van der Waals surface area contributed by atoms with Gasteiger partial charge in [0.2, 0.25) is 21.7 Å². The Bertz CT molecular complexity index is 998. The third kappa shape index (κ3) is 3.40. The molecule has 2 aromatic carbocycles. The van der Waals surface area contributed by atoms with E-state index in [1.165, 1.54) is 17.7 Å². The molecular formula is C19H19N3O3S. The number of hydrogen-bond donors (Lipinski definition) is 1. The minimum atomic E-state index is -3.71. The van der Waals surface area contributed by atoms with Gasteiger partial charge in [0.15, 0.2) is 0 Å². The van der Waals surface area contributed by atoms with Crippen LogP contribution in [0.3, 0.4) is 0 Å². The van der Waals surface area contributed by atoms with Crippen LogP contribution in [0.4, 0.5) is 0 Å². The summed E-state index contributed by atoms with van der Waals surface area (Å²) in [4.78, 5) is 4.59. The highest BCUT2D eigenvalue weighted by atomic mass is 32.2. The van der Waals surface area contributed by atoms with E-state index in [1.54, 1.807) is 12.1 Å². The fourth-order valence-corrected chi connectivity index (χ4v) is 4.06. The van der Waals surface area contributed by atoms with Gasteiger partial charge in [-0.25, -0.2) is 13.6 Å². The Balaban J connectivity index is 1.50. The first kappa shape index (κ1) is 16.9. The molecule has 1 fully saturated rings. The second kappa shape index (κ2) is 6.66. The van der Waals surface area contributed by atoms with Crippen molar-refractivity contribution in [1.29, 1.82) is 0 Å². The molecule has 134 valence electrons. The van der Waals surface area contributed by atoms with Gasteiger partial charge in [0.1, 0.15) is 0 Å². The van der Waals surface area contributed by atoms with Crippen LogP contribution in [0.1, 0.15) is 42.6 Å². The van der Waals surface area contributed by atoms with Gasteiger partial charge >= 0.3 is 0 Å². The van der Waals surface area contributed by atoms with Crippen molar-refractivity contribution in [1.82, 2.24) is 10.1 Å². The lowest BCUT2D eigenvalue weighted by Crippen LogP contribution is -2.11. The summed E-state index contributed by atoms with van der Waals surface area (Å²) in [5.41, 5.74) is 2.05. The average molecular weight is 369 g/mol. The van der Waals surface area contributed by atoms with Crippen molar-refractivity contribution in [3.05, 3.63) is 66.1 Å². The van der Waals surface area contributed by atoms with E-state index >= 15 is 0 Å². The Morgan fingerprint density at radius 3 is 2.35 bits per heavy atom. The Labute approximate surface area is 152 Å². The zero-order valence-electron chi connectivity index (χ0n) is 14.1. The normalized spacial score (nSPS) is 20.3. The van der Waals surface area contributed by atoms with Crippen LogP contribution in [-0.4, -0.2) is 18.6 Å². The number of aromatic nitrogens is 2. The first-order chi connectivity index (χ1) is 12.5. The third-order valence-corrected chi connectivity index (χ3v) is 5.86. The molecule has 4 rings (SSSR count). The van der Waals surface area contributed by atoms with Crippen molar-refractivity contribution >= 4 is 10.0 Å². The molecule has 0 bridgehead atoms. The summed E-state index contributed by atoms with van der Waals surface area (Å²) in [6.45, 7) is 0. The molecule has 0 amide bonds. The molecule has 1 saturated carbocycles. The van der Waals surface area contributed by atoms with Crippen LogP contribution < -0.4 is 5.14 Å². The fourth-order valence-electron chi connectivity index (χ4n) is 3.55. The van der Waals surface area contributed by atoms with E-state index in [9.17, 15) is 8.42 Å². The van der Waals surface area contributed by atoms with E-state index in [0.29, 0.717) is 23.2 Å². The molecule has 6 nitrogen and oxygen atoms in total. The Hall–Kier alpha value is -2.51. The molecule has 2 atom stereocenters. The molecule has 26 heavy (non-hydrogen) atoms. The average Bonchev–Trinajstić information content (AvgIpc) is 3.31. The molecule has 0 radical (unpaired) electrons. The number of benzene rings is 2. The highest BCUT2D eigenvalue weighted by Crippen LogP contribution is 2.43. The van der Waals surface area contributed by atoms with Crippen LogP contribution >= 0.6 is 0 Å². The molecule has 3 aromatic rings. The monoisotopic (exact) mass is 369 g/mol. The van der Waals surface area contributed by atoms with Gasteiger partial charge in [-0.3, -0.25) is 0 Å². The van der Waals surface area contributed by atoms with Gasteiger partial charge in [0, 0.05) is 11.5 Å². The van der Waals surface area contributed by atoms with Crippen molar-refractivity contribution in [3.8, 4) is 11.4 Å². The van der Waals surface area contributed by atoms with E-state index < -0.39 is 10.0 Å². The molecule has 1 aliphatic carbocycles. The number of hydrogen-bond acceptors (Lipinski definition) is 5. The fraction of sp³-hybridized carbons (Fsp3) is 0.263. The van der Waals surface area contributed by atoms with Crippen molar-refractivity contribution in [3.63, 3.8) is 0 Å². The van der Waals surface area contributed by atoms with Crippen LogP contribution in [0, 0.1) is 0 Å². The lowest BCUT2D eigenvalue weighted by molar-refractivity contribution is 0.353. The third-order valence-electron chi connectivity index (χ3n) is 4.94. The second-order valence-electron chi connectivity index (χ2n) is 6.64. The number of primary sulfonamides is 1. The number of nitrogens with zero attached hydrogens (tertiary/aromatic N) is 2. The van der Waals surface area contributed by atoms with Gasteiger partial charge in [-0.05, 0) is 55.0 Å². The first-order valence-electron chi connectivity index (χ1n) is 8.52. The summed E-state index contributed by atoms with van der Waals surface area (Å²) < 4.78 is 28.1. The van der Waals surface area contributed by atoms with Gasteiger partial charge in [-0.1, -0.05) is 35.5 Å². The van der Waals surface area contributed by atoms with E-state index in [4.69, 9.17) is 9.66 Å². The first-order valence-corrected chi connectivity index (χ1v) is 10.1. The lowest BCUT2D eigenvalue weighted by Gasteiger charge is -2.09. The second-order valence-corrected chi connectivity index (χ2v) is 8.20. The van der Waals surface area contributed by atoms with Gasteiger partial charge < -0.3 is 4.52 Å². The highest BCUT2D eigenvalue weighted by molar-refractivity contribution is 7.89.